The summed E-state index contributed by atoms with van der Waals surface area (Å²) in [5.74, 6) is -2.40. The van der Waals surface area contributed by atoms with Gasteiger partial charge in [-0.3, -0.25) is 9.59 Å². The van der Waals surface area contributed by atoms with Gasteiger partial charge in [0.05, 0.1) is 18.1 Å². The van der Waals surface area contributed by atoms with Crippen LogP contribution in [0.4, 0.5) is 23.4 Å². The summed E-state index contributed by atoms with van der Waals surface area (Å²) in [4.78, 5) is 42.4. The van der Waals surface area contributed by atoms with Gasteiger partial charge in [-0.2, -0.15) is 18.2 Å². The standard InChI is InChI=1S/C29H24F4N4O5/c1-34-25(39)21-20-13-19(16-4-3-5-17(12-16)24(38)37-28(10-11-28)27(40)41-2)23(35-14-29(31,32)33)36-26(20)42-22(21)15-6-8-18(30)9-7-15/h3-9,12-13H,10-11,14H2,1-2H3,(H,34,39)(H,35,36)(H,37,38). The lowest BCUT2D eigenvalue weighted by atomic mass is 9.99. The van der Waals surface area contributed by atoms with E-state index in [4.69, 9.17) is 9.15 Å². The third-order valence-corrected chi connectivity index (χ3v) is 6.81. The fourth-order valence-corrected chi connectivity index (χ4v) is 4.54. The maximum atomic E-state index is 13.6. The Labute approximate surface area is 236 Å². The molecule has 0 spiro atoms. The summed E-state index contributed by atoms with van der Waals surface area (Å²) in [5, 5.41) is 7.63. The van der Waals surface area contributed by atoms with Crippen molar-refractivity contribution in [1.82, 2.24) is 15.6 Å². The number of hydrogen-bond acceptors (Lipinski definition) is 7. The van der Waals surface area contributed by atoms with Crippen LogP contribution in [-0.2, 0) is 9.53 Å². The Morgan fingerprint density at radius 2 is 1.74 bits per heavy atom. The molecule has 9 nitrogen and oxygen atoms in total. The van der Waals surface area contributed by atoms with Gasteiger partial charge in [-0.25, -0.2) is 9.18 Å². The van der Waals surface area contributed by atoms with E-state index >= 15 is 0 Å². The Morgan fingerprint density at radius 1 is 1.02 bits per heavy atom. The van der Waals surface area contributed by atoms with E-state index in [1.807, 2.05) is 0 Å². The number of amides is 2. The van der Waals surface area contributed by atoms with Gasteiger partial charge >= 0.3 is 12.1 Å². The summed E-state index contributed by atoms with van der Waals surface area (Å²) >= 11 is 0. The second-order valence-corrected chi connectivity index (χ2v) is 9.71. The number of anilines is 1. The highest BCUT2D eigenvalue weighted by Crippen LogP contribution is 2.39. The zero-order valence-corrected chi connectivity index (χ0v) is 22.3. The van der Waals surface area contributed by atoms with Gasteiger partial charge in [-0.15, -0.1) is 0 Å². The fourth-order valence-electron chi connectivity index (χ4n) is 4.54. The summed E-state index contributed by atoms with van der Waals surface area (Å²) in [6.45, 7) is -1.42. The molecule has 0 radical (unpaired) electrons. The van der Waals surface area contributed by atoms with Gasteiger partial charge < -0.3 is 25.1 Å². The van der Waals surface area contributed by atoms with Crippen LogP contribution in [0.15, 0.2) is 59.0 Å². The average molecular weight is 585 g/mol. The number of halogens is 4. The van der Waals surface area contributed by atoms with Crippen LogP contribution in [0.2, 0.25) is 0 Å². The van der Waals surface area contributed by atoms with Crippen LogP contribution in [0, 0.1) is 5.82 Å². The lowest BCUT2D eigenvalue weighted by Crippen LogP contribution is -2.43. The van der Waals surface area contributed by atoms with Crippen LogP contribution in [-0.4, -0.2) is 55.2 Å². The first-order chi connectivity index (χ1) is 19.9. The minimum Gasteiger partial charge on any atom is -0.467 e. The van der Waals surface area contributed by atoms with Crippen molar-refractivity contribution in [1.29, 1.82) is 0 Å². The molecular formula is C29H24F4N4O5. The van der Waals surface area contributed by atoms with Crippen molar-refractivity contribution < 1.29 is 41.1 Å². The summed E-state index contributed by atoms with van der Waals surface area (Å²) in [7, 11) is 2.62. The Bertz CT molecular complexity index is 1690. The molecule has 3 N–H and O–H groups in total. The van der Waals surface area contributed by atoms with Crippen molar-refractivity contribution in [3.8, 4) is 22.5 Å². The number of fused-ring (bicyclic) bond motifs is 1. The number of esters is 1. The Balaban J connectivity index is 1.64. The lowest BCUT2D eigenvalue weighted by molar-refractivity contribution is -0.144. The molecule has 2 aromatic heterocycles. The number of rotatable bonds is 8. The number of nitrogens with one attached hydrogen (secondary N) is 3. The van der Waals surface area contributed by atoms with Gasteiger partial charge in [-0.1, -0.05) is 12.1 Å². The molecule has 2 amide bonds. The molecule has 4 aromatic rings. The Hall–Kier alpha value is -4.94. The van der Waals surface area contributed by atoms with E-state index in [0.29, 0.717) is 24.0 Å². The summed E-state index contributed by atoms with van der Waals surface area (Å²) < 4.78 is 63.8. The number of pyridine rings is 1. The average Bonchev–Trinajstić information content (AvgIpc) is 3.66. The Kier molecular flexibility index (Phi) is 7.35. The summed E-state index contributed by atoms with van der Waals surface area (Å²) in [5.41, 5.74) is -0.281. The second-order valence-electron chi connectivity index (χ2n) is 9.71. The van der Waals surface area contributed by atoms with Crippen LogP contribution >= 0.6 is 0 Å². The monoisotopic (exact) mass is 584 g/mol. The normalized spacial score (nSPS) is 13.9. The molecular weight excluding hydrogens is 560 g/mol. The number of methoxy groups -OCH3 is 1. The van der Waals surface area contributed by atoms with Crippen molar-refractivity contribution in [3.05, 3.63) is 71.5 Å². The lowest BCUT2D eigenvalue weighted by Gasteiger charge is -2.16. The molecule has 218 valence electrons. The van der Waals surface area contributed by atoms with E-state index in [0.717, 1.165) is 0 Å². The van der Waals surface area contributed by atoms with Gasteiger partial charge in [0.1, 0.15) is 29.5 Å². The highest BCUT2D eigenvalue weighted by molar-refractivity contribution is 6.11. The molecule has 1 aliphatic rings. The van der Waals surface area contributed by atoms with Crippen LogP contribution in [0.5, 0.6) is 0 Å². The molecule has 5 rings (SSSR count). The molecule has 0 atom stereocenters. The molecule has 42 heavy (non-hydrogen) atoms. The summed E-state index contributed by atoms with van der Waals surface area (Å²) in [6.07, 6.45) is -3.76. The van der Waals surface area contributed by atoms with Crippen LogP contribution < -0.4 is 16.0 Å². The van der Waals surface area contributed by atoms with Gasteiger partial charge in [0.15, 0.2) is 0 Å². The van der Waals surface area contributed by atoms with Crippen molar-refractivity contribution in [2.45, 2.75) is 24.6 Å². The molecule has 1 aliphatic carbocycles. The molecule has 2 heterocycles. The number of carbonyl (C=O) groups is 3. The fraction of sp³-hybridized carbons (Fsp3) is 0.241. The van der Waals surface area contributed by atoms with Crippen molar-refractivity contribution >= 4 is 34.7 Å². The maximum absolute atomic E-state index is 13.6. The number of furan rings is 1. The first-order valence-corrected chi connectivity index (χ1v) is 12.7. The number of hydrogen-bond donors (Lipinski definition) is 3. The number of ether oxygens (including phenoxy) is 1. The second kappa shape index (κ2) is 10.8. The van der Waals surface area contributed by atoms with E-state index in [1.54, 1.807) is 6.07 Å². The number of alkyl halides is 3. The highest BCUT2D eigenvalue weighted by atomic mass is 19.4. The predicted molar refractivity (Wildman–Crippen MR) is 144 cm³/mol. The molecule has 0 bridgehead atoms. The van der Waals surface area contributed by atoms with Crippen LogP contribution in [0.1, 0.15) is 33.6 Å². The number of aromatic nitrogens is 1. The first-order valence-electron chi connectivity index (χ1n) is 12.7. The van der Waals surface area contributed by atoms with Gasteiger partial charge in [0.25, 0.3) is 11.8 Å². The predicted octanol–water partition coefficient (Wildman–Crippen LogP) is 5.07. The molecule has 13 heteroatoms. The maximum Gasteiger partial charge on any atom is 0.405 e. The summed E-state index contributed by atoms with van der Waals surface area (Å²) in [6, 6.07) is 12.6. The molecule has 0 saturated heterocycles. The third-order valence-electron chi connectivity index (χ3n) is 6.81. The third kappa shape index (κ3) is 5.62. The highest BCUT2D eigenvalue weighted by Gasteiger charge is 2.52. The van der Waals surface area contributed by atoms with Crippen LogP contribution in [0.3, 0.4) is 0 Å². The molecule has 0 unspecified atom stereocenters. The molecule has 2 aromatic carbocycles. The molecule has 1 fully saturated rings. The molecule has 0 aliphatic heterocycles. The minimum atomic E-state index is -4.59. The van der Waals surface area contributed by atoms with Crippen molar-refractivity contribution in [2.75, 3.05) is 26.0 Å². The zero-order valence-electron chi connectivity index (χ0n) is 22.3. The van der Waals surface area contributed by atoms with Crippen molar-refractivity contribution in [3.63, 3.8) is 0 Å². The number of nitrogens with zero attached hydrogens (tertiary/aromatic N) is 1. The van der Waals surface area contributed by atoms with Crippen molar-refractivity contribution in [2.24, 2.45) is 0 Å². The number of benzene rings is 2. The number of carbonyl (C=O) groups excluding carboxylic acids is 3. The van der Waals surface area contributed by atoms with E-state index in [9.17, 15) is 31.9 Å². The van der Waals surface area contributed by atoms with E-state index in [1.165, 1.54) is 62.7 Å². The van der Waals surface area contributed by atoms with E-state index in [2.05, 4.69) is 20.9 Å². The smallest absolute Gasteiger partial charge is 0.405 e. The Morgan fingerprint density at radius 3 is 2.36 bits per heavy atom. The van der Waals surface area contributed by atoms with Gasteiger partial charge in [0, 0.05) is 23.7 Å². The largest absolute Gasteiger partial charge is 0.467 e. The van der Waals surface area contributed by atoms with E-state index < -0.39 is 41.9 Å². The van der Waals surface area contributed by atoms with Gasteiger partial charge in [0.2, 0.25) is 5.71 Å². The SMILES string of the molecule is CNC(=O)c1c(-c2ccc(F)cc2)oc2nc(NCC(F)(F)F)c(-c3cccc(C(=O)NC4(C(=O)OC)CC4)c3)cc12. The molecule has 1 saturated carbocycles. The van der Waals surface area contributed by atoms with Crippen LogP contribution in [0.25, 0.3) is 33.6 Å². The van der Waals surface area contributed by atoms with E-state index in [-0.39, 0.29) is 39.4 Å². The topological polar surface area (TPSA) is 123 Å². The van der Waals surface area contributed by atoms with Gasteiger partial charge in [-0.05, 0) is 60.9 Å². The quantitative estimate of drug-likeness (QED) is 0.195. The zero-order chi connectivity index (χ0) is 30.2. The first kappa shape index (κ1) is 28.6. The minimum absolute atomic E-state index is 0.0397.